The van der Waals surface area contributed by atoms with Crippen LogP contribution in [0, 0.1) is 0 Å². The summed E-state index contributed by atoms with van der Waals surface area (Å²) in [5, 5.41) is 15.9. The summed E-state index contributed by atoms with van der Waals surface area (Å²) < 4.78 is 6.35. The van der Waals surface area contributed by atoms with Gasteiger partial charge < -0.3 is 15.2 Å². The lowest BCUT2D eigenvalue weighted by molar-refractivity contribution is 0.0695. The third kappa shape index (κ3) is 5.40. The minimum atomic E-state index is -0.865. The molecule has 0 amide bonds. The fourth-order valence-corrected chi connectivity index (χ4v) is 5.25. The Morgan fingerprint density at radius 3 is 2.58 bits per heavy atom. The molecule has 0 aliphatic carbocycles. The molecule has 1 aliphatic heterocycles. The normalized spacial score (nSPS) is 16.6. The number of halogens is 1. The highest BCUT2D eigenvalue weighted by Crippen LogP contribution is 2.40. The molecule has 4 aromatic carbocycles. The van der Waals surface area contributed by atoms with Crippen molar-refractivity contribution < 1.29 is 14.6 Å². The number of aromatic carboxylic acids is 1. The van der Waals surface area contributed by atoms with Crippen molar-refractivity contribution in [2.75, 3.05) is 13.1 Å². The number of benzene rings is 4. The predicted molar refractivity (Wildman–Crippen MR) is 148 cm³/mol. The summed E-state index contributed by atoms with van der Waals surface area (Å²) in [5.74, 6) is 0.130. The van der Waals surface area contributed by atoms with Gasteiger partial charge >= 0.3 is 5.97 Å². The van der Waals surface area contributed by atoms with Gasteiger partial charge in [0.2, 0.25) is 0 Å². The maximum absolute atomic E-state index is 11.9. The van der Waals surface area contributed by atoms with Crippen molar-refractivity contribution in [1.29, 1.82) is 0 Å². The van der Waals surface area contributed by atoms with Crippen LogP contribution in [0.1, 0.15) is 51.9 Å². The molecule has 1 aliphatic rings. The molecule has 4 nitrogen and oxygen atoms in total. The van der Waals surface area contributed by atoms with Gasteiger partial charge in [-0.15, -0.1) is 12.4 Å². The zero-order chi connectivity index (χ0) is 24.2. The fourth-order valence-electron chi connectivity index (χ4n) is 5.25. The Labute approximate surface area is 218 Å². The molecule has 4 aromatic rings. The molecular weight excluding hydrogens is 470 g/mol. The standard InChI is InChI=1S/C31H31NO3.ClH/c1-2-21-14-15-24(18-29(21)31(33)34)28-19-25(35-30-13-6-5-12-27(28)30)20-32-17-16-23-10-7-9-22-8-3-4-11-26(22)23;/h3-15,18,25,28,32H,2,16-17,19-20H2,1H3,(H,33,34);1H. The largest absolute Gasteiger partial charge is 0.489 e. The Morgan fingerprint density at radius 2 is 1.75 bits per heavy atom. The quantitative estimate of drug-likeness (QED) is 0.266. The zero-order valence-corrected chi connectivity index (χ0v) is 21.3. The van der Waals surface area contributed by atoms with Gasteiger partial charge in [-0.1, -0.05) is 79.7 Å². The van der Waals surface area contributed by atoms with Crippen LogP contribution in [0.25, 0.3) is 10.8 Å². The molecule has 0 aromatic heterocycles. The summed E-state index contributed by atoms with van der Waals surface area (Å²) in [6.07, 6.45) is 2.48. The third-order valence-corrected chi connectivity index (χ3v) is 7.06. The molecule has 5 rings (SSSR count). The van der Waals surface area contributed by atoms with Gasteiger partial charge in [0.1, 0.15) is 11.9 Å². The Morgan fingerprint density at radius 1 is 0.972 bits per heavy atom. The lowest BCUT2D eigenvalue weighted by atomic mass is 9.83. The van der Waals surface area contributed by atoms with Crippen molar-refractivity contribution in [3.05, 3.63) is 113 Å². The molecule has 2 unspecified atom stereocenters. The number of rotatable bonds is 8. The van der Waals surface area contributed by atoms with Gasteiger partial charge in [0.05, 0.1) is 5.56 Å². The first-order valence-electron chi connectivity index (χ1n) is 12.4. The molecule has 0 spiro atoms. The van der Waals surface area contributed by atoms with E-state index < -0.39 is 5.97 Å². The second-order valence-electron chi connectivity index (χ2n) is 9.23. The van der Waals surface area contributed by atoms with Crippen LogP contribution >= 0.6 is 12.4 Å². The summed E-state index contributed by atoms with van der Waals surface area (Å²) in [4.78, 5) is 11.9. The van der Waals surface area contributed by atoms with Crippen LogP contribution in [0.4, 0.5) is 0 Å². The topological polar surface area (TPSA) is 58.6 Å². The summed E-state index contributed by atoms with van der Waals surface area (Å²) >= 11 is 0. The van der Waals surface area contributed by atoms with Crippen molar-refractivity contribution in [1.82, 2.24) is 5.32 Å². The van der Waals surface area contributed by atoms with Gasteiger partial charge in [0.25, 0.3) is 0 Å². The predicted octanol–water partition coefficient (Wildman–Crippen LogP) is 6.64. The van der Waals surface area contributed by atoms with E-state index in [-0.39, 0.29) is 24.4 Å². The second kappa shape index (κ2) is 11.6. The van der Waals surface area contributed by atoms with Crippen LogP contribution in [0.15, 0.2) is 84.9 Å². The number of carboxylic acid groups (broad SMARTS) is 1. The Balaban J connectivity index is 0.00000304. The SMILES string of the molecule is CCc1ccc(C2CC(CNCCc3cccc4ccccc34)Oc3ccccc32)cc1C(=O)O.Cl. The Kier molecular flexibility index (Phi) is 8.29. The van der Waals surface area contributed by atoms with Crippen LogP contribution < -0.4 is 10.1 Å². The highest BCUT2D eigenvalue weighted by Gasteiger charge is 2.29. The zero-order valence-electron chi connectivity index (χ0n) is 20.4. The summed E-state index contributed by atoms with van der Waals surface area (Å²) in [7, 11) is 0. The number of aryl methyl sites for hydroxylation is 1. The maximum atomic E-state index is 11.9. The first-order chi connectivity index (χ1) is 17.1. The second-order valence-corrected chi connectivity index (χ2v) is 9.23. The molecule has 0 saturated carbocycles. The lowest BCUT2D eigenvalue weighted by Crippen LogP contribution is -2.36. The number of nitrogens with one attached hydrogen (secondary N) is 1. The first-order valence-corrected chi connectivity index (χ1v) is 12.4. The highest BCUT2D eigenvalue weighted by atomic mass is 35.5. The van der Waals surface area contributed by atoms with E-state index in [0.29, 0.717) is 12.0 Å². The molecule has 0 bridgehead atoms. The average Bonchev–Trinajstić information content (AvgIpc) is 2.90. The van der Waals surface area contributed by atoms with Crippen molar-refractivity contribution >= 4 is 29.1 Å². The molecule has 1 heterocycles. The van der Waals surface area contributed by atoms with Crippen LogP contribution in [-0.4, -0.2) is 30.3 Å². The van der Waals surface area contributed by atoms with Crippen molar-refractivity contribution in [3.63, 3.8) is 0 Å². The van der Waals surface area contributed by atoms with Crippen LogP contribution in [0.2, 0.25) is 0 Å². The summed E-state index contributed by atoms with van der Waals surface area (Å²) in [6.45, 7) is 3.61. The van der Waals surface area contributed by atoms with Crippen molar-refractivity contribution in [2.45, 2.75) is 38.2 Å². The molecule has 0 fully saturated rings. The molecule has 0 saturated heterocycles. The van der Waals surface area contributed by atoms with Gasteiger partial charge in [0, 0.05) is 18.0 Å². The maximum Gasteiger partial charge on any atom is 0.335 e. The van der Waals surface area contributed by atoms with Gasteiger partial charge in [-0.3, -0.25) is 0 Å². The molecule has 36 heavy (non-hydrogen) atoms. The first kappa shape index (κ1) is 25.7. The van der Waals surface area contributed by atoms with E-state index in [1.54, 1.807) is 0 Å². The van der Waals surface area contributed by atoms with E-state index >= 15 is 0 Å². The summed E-state index contributed by atoms with van der Waals surface area (Å²) in [6, 6.07) is 29.0. The molecule has 5 heteroatoms. The van der Waals surface area contributed by atoms with Crippen molar-refractivity contribution in [3.8, 4) is 5.75 Å². The van der Waals surface area contributed by atoms with Gasteiger partial charge in [0.15, 0.2) is 0 Å². The summed E-state index contributed by atoms with van der Waals surface area (Å²) in [5.41, 5.74) is 4.78. The minimum Gasteiger partial charge on any atom is -0.489 e. The molecule has 2 N–H and O–H groups in total. The van der Waals surface area contributed by atoms with Crippen LogP contribution in [-0.2, 0) is 12.8 Å². The number of carboxylic acids is 1. The number of fused-ring (bicyclic) bond motifs is 2. The number of ether oxygens (including phenoxy) is 1. The van der Waals surface area contributed by atoms with E-state index in [9.17, 15) is 9.90 Å². The van der Waals surface area contributed by atoms with E-state index in [0.717, 1.165) is 48.4 Å². The number of hydrogen-bond donors (Lipinski definition) is 2. The highest BCUT2D eigenvalue weighted by molar-refractivity contribution is 5.89. The lowest BCUT2D eigenvalue weighted by Gasteiger charge is -2.33. The van der Waals surface area contributed by atoms with Gasteiger partial charge in [-0.2, -0.15) is 0 Å². The number of para-hydroxylation sites is 1. The molecular formula is C31H32ClNO3. The smallest absolute Gasteiger partial charge is 0.335 e. The van der Waals surface area contributed by atoms with Crippen LogP contribution in [0.5, 0.6) is 5.75 Å². The fraction of sp³-hybridized carbons (Fsp3) is 0.258. The van der Waals surface area contributed by atoms with Gasteiger partial charge in [-0.25, -0.2) is 4.79 Å². The van der Waals surface area contributed by atoms with Gasteiger partial charge in [-0.05, 0) is 65.4 Å². The number of hydrogen-bond acceptors (Lipinski definition) is 3. The number of carbonyl (C=O) groups is 1. The Hall–Kier alpha value is -3.34. The van der Waals surface area contributed by atoms with Crippen molar-refractivity contribution in [2.24, 2.45) is 0 Å². The monoisotopic (exact) mass is 501 g/mol. The Bertz CT molecular complexity index is 1350. The molecule has 186 valence electrons. The molecule has 0 radical (unpaired) electrons. The average molecular weight is 502 g/mol. The van der Waals surface area contributed by atoms with E-state index in [1.165, 1.54) is 16.3 Å². The van der Waals surface area contributed by atoms with E-state index in [1.807, 2.05) is 37.3 Å². The van der Waals surface area contributed by atoms with E-state index in [2.05, 4.69) is 59.9 Å². The van der Waals surface area contributed by atoms with E-state index in [4.69, 9.17) is 4.74 Å². The minimum absolute atomic E-state index is 0. The third-order valence-electron chi connectivity index (χ3n) is 7.06. The van der Waals surface area contributed by atoms with Crippen LogP contribution in [0.3, 0.4) is 0 Å². The molecule has 2 atom stereocenters.